The molecule has 0 bridgehead atoms. The van der Waals surface area contributed by atoms with E-state index in [1.54, 1.807) is 12.1 Å². The van der Waals surface area contributed by atoms with E-state index in [1.807, 2.05) is 18.2 Å². The van der Waals surface area contributed by atoms with Gasteiger partial charge in [-0.25, -0.2) is 9.59 Å². The van der Waals surface area contributed by atoms with Crippen LogP contribution in [0.4, 0.5) is 17.1 Å². The molecule has 2 aromatic carbocycles. The van der Waals surface area contributed by atoms with E-state index in [1.165, 1.54) is 30.7 Å². The van der Waals surface area contributed by atoms with Crippen molar-refractivity contribution in [2.24, 2.45) is 0 Å². The normalized spacial score (nSPS) is 16.6. The Morgan fingerprint density at radius 3 is 2.33 bits per heavy atom. The summed E-state index contributed by atoms with van der Waals surface area (Å²) in [5, 5.41) is 11.9. The van der Waals surface area contributed by atoms with Crippen LogP contribution in [0.5, 0.6) is 0 Å². The second-order valence-electron chi connectivity index (χ2n) is 8.39. The first-order valence-electron chi connectivity index (χ1n) is 11.5. The van der Waals surface area contributed by atoms with Gasteiger partial charge in [-0.05, 0) is 17.7 Å². The van der Waals surface area contributed by atoms with Crippen molar-refractivity contribution >= 4 is 29.0 Å². The van der Waals surface area contributed by atoms with Gasteiger partial charge in [-0.3, -0.25) is 15.0 Å². The van der Waals surface area contributed by atoms with Gasteiger partial charge in [0, 0.05) is 44.5 Å². The summed E-state index contributed by atoms with van der Waals surface area (Å²) in [6.45, 7) is 3.63. The number of hydrogen-bond acceptors (Lipinski definition) is 10. The molecule has 2 aliphatic heterocycles. The number of nitro groups is 1. The van der Waals surface area contributed by atoms with Gasteiger partial charge >= 0.3 is 11.9 Å². The van der Waals surface area contributed by atoms with E-state index in [0.717, 1.165) is 38.4 Å². The van der Waals surface area contributed by atoms with Crippen LogP contribution >= 0.6 is 0 Å². The van der Waals surface area contributed by atoms with Gasteiger partial charge in [0.05, 0.1) is 31.3 Å². The Kier molecular flexibility index (Phi) is 7.81. The SMILES string of the molecule is COC(=O)C1=C(C(=O)OC)N(c2cc(N3CCN(Cc4ccccc4)CC3)ccc2[N+](=O)[O-])COC1. The zero-order valence-corrected chi connectivity index (χ0v) is 20.2. The van der Waals surface area contributed by atoms with Crippen LogP contribution in [0.3, 0.4) is 0 Å². The molecular weight excluding hydrogens is 468 g/mol. The minimum atomic E-state index is -0.812. The molecule has 1 fully saturated rings. The molecule has 0 radical (unpaired) electrons. The number of methoxy groups -OCH3 is 2. The minimum Gasteiger partial charge on any atom is -0.466 e. The van der Waals surface area contributed by atoms with Crippen LogP contribution in [0, 0.1) is 10.1 Å². The topological polar surface area (TPSA) is 115 Å². The molecule has 11 nitrogen and oxygen atoms in total. The van der Waals surface area contributed by atoms with Gasteiger partial charge in [0.1, 0.15) is 18.1 Å². The number of esters is 2. The van der Waals surface area contributed by atoms with Gasteiger partial charge in [0.25, 0.3) is 5.69 Å². The third-order valence-corrected chi connectivity index (χ3v) is 6.27. The van der Waals surface area contributed by atoms with Gasteiger partial charge < -0.3 is 24.0 Å². The number of nitro benzene ring substituents is 1. The fourth-order valence-corrected chi connectivity index (χ4v) is 4.42. The zero-order valence-electron chi connectivity index (χ0n) is 20.2. The van der Waals surface area contributed by atoms with Crippen molar-refractivity contribution in [3.05, 3.63) is 75.5 Å². The maximum absolute atomic E-state index is 12.7. The van der Waals surface area contributed by atoms with Gasteiger partial charge in [0.2, 0.25) is 0 Å². The average molecular weight is 497 g/mol. The number of carbonyl (C=O) groups is 2. The van der Waals surface area contributed by atoms with Crippen molar-refractivity contribution in [3.63, 3.8) is 0 Å². The molecule has 0 amide bonds. The first-order valence-corrected chi connectivity index (χ1v) is 11.5. The highest BCUT2D eigenvalue weighted by Gasteiger charge is 2.35. The molecule has 11 heteroatoms. The van der Waals surface area contributed by atoms with Gasteiger partial charge in [-0.15, -0.1) is 0 Å². The molecule has 0 saturated carbocycles. The second kappa shape index (κ2) is 11.2. The summed E-state index contributed by atoms with van der Waals surface area (Å²) in [6.07, 6.45) is 0. The van der Waals surface area contributed by atoms with E-state index in [9.17, 15) is 19.7 Å². The van der Waals surface area contributed by atoms with Crippen LogP contribution in [0.15, 0.2) is 59.8 Å². The quantitative estimate of drug-likeness (QED) is 0.321. The largest absolute Gasteiger partial charge is 0.466 e. The summed E-state index contributed by atoms with van der Waals surface area (Å²) in [7, 11) is 2.36. The van der Waals surface area contributed by atoms with E-state index >= 15 is 0 Å². The molecule has 2 aromatic rings. The van der Waals surface area contributed by atoms with E-state index in [0.29, 0.717) is 0 Å². The number of hydrogen-bond donors (Lipinski definition) is 0. The summed E-state index contributed by atoms with van der Waals surface area (Å²) in [6, 6.07) is 15.0. The Labute approximate surface area is 208 Å². The molecule has 0 aromatic heterocycles. The standard InChI is InChI=1S/C25H28N4O7/c1-34-24(30)20-16-36-17-28(23(20)25(31)35-2)22-14-19(8-9-21(22)29(32)33)27-12-10-26(11-13-27)15-18-6-4-3-5-7-18/h3-9,14H,10-13,15-17H2,1-2H3. The van der Waals surface area contributed by atoms with Crippen LogP contribution in [0.2, 0.25) is 0 Å². The first-order chi connectivity index (χ1) is 17.4. The Balaban J connectivity index is 1.62. The lowest BCUT2D eigenvalue weighted by atomic mass is 10.1. The Hall–Kier alpha value is -3.96. The summed E-state index contributed by atoms with van der Waals surface area (Å²) in [5.74, 6) is -1.58. The second-order valence-corrected chi connectivity index (χ2v) is 8.39. The molecule has 0 atom stereocenters. The molecular formula is C25H28N4O7. The molecule has 0 spiro atoms. The fraction of sp³-hybridized carbons (Fsp3) is 0.360. The molecule has 36 heavy (non-hydrogen) atoms. The van der Waals surface area contributed by atoms with E-state index in [4.69, 9.17) is 14.2 Å². The van der Waals surface area contributed by atoms with Crippen molar-refractivity contribution in [2.75, 3.05) is 63.5 Å². The maximum atomic E-state index is 12.7. The smallest absolute Gasteiger partial charge is 0.355 e. The first kappa shape index (κ1) is 25.1. The lowest BCUT2D eigenvalue weighted by Crippen LogP contribution is -2.46. The Morgan fingerprint density at radius 2 is 1.69 bits per heavy atom. The zero-order chi connectivity index (χ0) is 25.7. The Bertz CT molecular complexity index is 1160. The molecule has 0 unspecified atom stereocenters. The van der Waals surface area contributed by atoms with Crippen molar-refractivity contribution in [1.29, 1.82) is 0 Å². The number of ether oxygens (including phenoxy) is 3. The van der Waals surface area contributed by atoms with Crippen LogP contribution in [-0.4, -0.2) is 75.5 Å². The molecule has 1 saturated heterocycles. The van der Waals surface area contributed by atoms with Crippen molar-refractivity contribution in [1.82, 2.24) is 4.90 Å². The van der Waals surface area contributed by atoms with E-state index < -0.39 is 16.9 Å². The van der Waals surface area contributed by atoms with Crippen LogP contribution in [0.1, 0.15) is 5.56 Å². The van der Waals surface area contributed by atoms with Crippen LogP contribution < -0.4 is 9.80 Å². The molecule has 190 valence electrons. The fourth-order valence-electron chi connectivity index (χ4n) is 4.42. The molecule has 4 rings (SSSR count). The van der Waals surface area contributed by atoms with Gasteiger partial charge in [0.15, 0.2) is 0 Å². The van der Waals surface area contributed by atoms with Crippen molar-refractivity contribution in [2.45, 2.75) is 6.54 Å². The van der Waals surface area contributed by atoms with Crippen molar-refractivity contribution in [3.8, 4) is 0 Å². The number of anilines is 2. The summed E-state index contributed by atoms with van der Waals surface area (Å²) >= 11 is 0. The van der Waals surface area contributed by atoms with Gasteiger partial charge in [-0.1, -0.05) is 30.3 Å². The summed E-state index contributed by atoms with van der Waals surface area (Å²) in [4.78, 5) is 42.1. The molecule has 2 heterocycles. The highest BCUT2D eigenvalue weighted by molar-refractivity contribution is 6.04. The predicted octanol–water partition coefficient (Wildman–Crippen LogP) is 2.31. The lowest BCUT2D eigenvalue weighted by molar-refractivity contribution is -0.384. The summed E-state index contributed by atoms with van der Waals surface area (Å²) < 4.78 is 15.2. The lowest BCUT2D eigenvalue weighted by Gasteiger charge is -2.37. The third kappa shape index (κ3) is 5.31. The predicted molar refractivity (Wildman–Crippen MR) is 131 cm³/mol. The number of carbonyl (C=O) groups excluding carboxylic acids is 2. The van der Waals surface area contributed by atoms with Gasteiger partial charge in [-0.2, -0.15) is 0 Å². The number of rotatable bonds is 7. The maximum Gasteiger partial charge on any atom is 0.355 e. The monoisotopic (exact) mass is 496 g/mol. The highest BCUT2D eigenvalue weighted by Crippen LogP contribution is 2.37. The molecule has 0 aliphatic carbocycles. The third-order valence-electron chi connectivity index (χ3n) is 6.27. The van der Waals surface area contributed by atoms with Crippen LogP contribution in [0.25, 0.3) is 0 Å². The molecule has 2 aliphatic rings. The Morgan fingerprint density at radius 1 is 1.00 bits per heavy atom. The van der Waals surface area contributed by atoms with E-state index in [-0.39, 0.29) is 36.0 Å². The van der Waals surface area contributed by atoms with Crippen LogP contribution in [-0.2, 0) is 30.3 Å². The highest BCUT2D eigenvalue weighted by atomic mass is 16.6. The number of piperazine rings is 1. The molecule has 0 N–H and O–H groups in total. The summed E-state index contributed by atoms with van der Waals surface area (Å²) in [5.41, 5.74) is 1.72. The van der Waals surface area contributed by atoms with E-state index in [2.05, 4.69) is 21.9 Å². The average Bonchev–Trinajstić information content (AvgIpc) is 2.92. The minimum absolute atomic E-state index is 0.0650. The number of benzene rings is 2. The van der Waals surface area contributed by atoms with Crippen molar-refractivity contribution < 1.29 is 28.7 Å². The number of nitrogens with zero attached hydrogens (tertiary/aromatic N) is 4.